The predicted octanol–water partition coefficient (Wildman–Crippen LogP) is 3.07. The Morgan fingerprint density at radius 2 is 2.43 bits per heavy atom. The first-order chi connectivity index (χ1) is 10.4. The van der Waals surface area contributed by atoms with E-state index < -0.39 is 0 Å². The molecule has 5 nitrogen and oxygen atoms in total. The summed E-state index contributed by atoms with van der Waals surface area (Å²) in [6.07, 6.45) is 4.19. The van der Waals surface area contributed by atoms with Gasteiger partial charge in [0.2, 0.25) is 0 Å². The Bertz CT molecular complexity index is 560. The summed E-state index contributed by atoms with van der Waals surface area (Å²) in [7, 11) is 1.75. The molecule has 0 aromatic carbocycles. The van der Waals surface area contributed by atoms with Gasteiger partial charge in [0.1, 0.15) is 5.82 Å². The first-order valence-corrected chi connectivity index (χ1v) is 8.11. The van der Waals surface area contributed by atoms with Gasteiger partial charge >= 0.3 is 0 Å². The summed E-state index contributed by atoms with van der Waals surface area (Å²) >= 11 is 1.64. The topological polar surface area (TPSA) is 50.3 Å². The number of likely N-dealkylation sites (tertiary alicyclic amines) is 1. The fourth-order valence-corrected chi connectivity index (χ4v) is 3.44. The molecule has 0 spiro atoms. The van der Waals surface area contributed by atoms with Crippen LogP contribution in [0.1, 0.15) is 24.6 Å². The Hall–Kier alpha value is -1.50. The van der Waals surface area contributed by atoms with E-state index in [0.29, 0.717) is 6.04 Å². The fourth-order valence-electron chi connectivity index (χ4n) is 2.68. The first kappa shape index (κ1) is 14.4. The van der Waals surface area contributed by atoms with E-state index in [1.807, 2.05) is 18.2 Å². The summed E-state index contributed by atoms with van der Waals surface area (Å²) in [4.78, 5) is 11.5. The summed E-state index contributed by atoms with van der Waals surface area (Å²) in [5.41, 5.74) is 1.16. The molecule has 3 rings (SSSR count). The Morgan fingerprint density at radius 1 is 1.48 bits per heavy atom. The summed E-state index contributed by atoms with van der Waals surface area (Å²) in [6.45, 7) is 2.88. The molecule has 3 heterocycles. The molecule has 0 amide bonds. The molecule has 6 heteroatoms. The van der Waals surface area contributed by atoms with Gasteiger partial charge in [0.05, 0.1) is 18.3 Å². The van der Waals surface area contributed by atoms with Crippen LogP contribution in [0.4, 0.5) is 10.9 Å². The SMILES string of the molecule is COCCN1CCC[C@@H]1c1csc(Nc2ccccn2)n1. The van der Waals surface area contributed by atoms with Crippen LogP contribution < -0.4 is 5.32 Å². The number of nitrogens with zero attached hydrogens (tertiary/aromatic N) is 3. The van der Waals surface area contributed by atoms with Gasteiger partial charge in [-0.2, -0.15) is 0 Å². The first-order valence-electron chi connectivity index (χ1n) is 7.23. The normalized spacial score (nSPS) is 19.0. The number of nitrogens with one attached hydrogen (secondary N) is 1. The minimum Gasteiger partial charge on any atom is -0.383 e. The van der Waals surface area contributed by atoms with Crippen molar-refractivity contribution in [2.75, 3.05) is 32.1 Å². The van der Waals surface area contributed by atoms with Crippen LogP contribution in [0.2, 0.25) is 0 Å². The molecule has 0 radical (unpaired) electrons. The highest BCUT2D eigenvalue weighted by Gasteiger charge is 2.27. The quantitative estimate of drug-likeness (QED) is 0.889. The monoisotopic (exact) mass is 304 g/mol. The fraction of sp³-hybridized carbons (Fsp3) is 0.467. The van der Waals surface area contributed by atoms with Crippen LogP contribution in [-0.2, 0) is 4.74 Å². The molecule has 0 aliphatic carbocycles. The van der Waals surface area contributed by atoms with Crippen molar-refractivity contribution in [1.29, 1.82) is 0 Å². The lowest BCUT2D eigenvalue weighted by atomic mass is 10.2. The van der Waals surface area contributed by atoms with Crippen molar-refractivity contribution in [3.05, 3.63) is 35.5 Å². The van der Waals surface area contributed by atoms with Crippen LogP contribution in [0, 0.1) is 0 Å². The maximum atomic E-state index is 5.19. The van der Waals surface area contributed by atoms with E-state index in [1.165, 1.54) is 12.8 Å². The number of hydrogen-bond acceptors (Lipinski definition) is 6. The molecule has 0 unspecified atom stereocenters. The van der Waals surface area contributed by atoms with Gasteiger partial charge in [-0.25, -0.2) is 9.97 Å². The van der Waals surface area contributed by atoms with Crippen LogP contribution in [0.15, 0.2) is 29.8 Å². The van der Waals surface area contributed by atoms with Gasteiger partial charge in [0.15, 0.2) is 5.13 Å². The minimum atomic E-state index is 0.427. The predicted molar refractivity (Wildman–Crippen MR) is 85.1 cm³/mol. The molecule has 1 fully saturated rings. The maximum absolute atomic E-state index is 5.19. The molecule has 0 bridgehead atoms. The lowest BCUT2D eigenvalue weighted by Gasteiger charge is -2.22. The molecular weight excluding hydrogens is 284 g/mol. The lowest BCUT2D eigenvalue weighted by Crippen LogP contribution is -2.27. The number of pyridine rings is 1. The van der Waals surface area contributed by atoms with E-state index in [4.69, 9.17) is 9.72 Å². The maximum Gasteiger partial charge on any atom is 0.188 e. The van der Waals surface area contributed by atoms with Crippen molar-refractivity contribution in [3.8, 4) is 0 Å². The van der Waals surface area contributed by atoms with E-state index in [9.17, 15) is 0 Å². The second-order valence-electron chi connectivity index (χ2n) is 5.10. The van der Waals surface area contributed by atoms with E-state index in [2.05, 4.69) is 20.6 Å². The molecule has 1 atom stereocenters. The zero-order chi connectivity index (χ0) is 14.5. The highest BCUT2D eigenvalue weighted by atomic mass is 32.1. The lowest BCUT2D eigenvalue weighted by molar-refractivity contribution is 0.140. The van der Waals surface area contributed by atoms with E-state index in [0.717, 1.165) is 36.3 Å². The van der Waals surface area contributed by atoms with Crippen LogP contribution in [0.5, 0.6) is 0 Å². The second-order valence-corrected chi connectivity index (χ2v) is 5.96. The molecule has 112 valence electrons. The third-order valence-corrected chi connectivity index (χ3v) is 4.49. The zero-order valence-corrected chi connectivity index (χ0v) is 13.0. The molecule has 0 saturated carbocycles. The van der Waals surface area contributed by atoms with Gasteiger partial charge < -0.3 is 10.1 Å². The molecular formula is C15H20N4OS. The second kappa shape index (κ2) is 6.98. The Labute approximate surface area is 129 Å². The van der Waals surface area contributed by atoms with Gasteiger partial charge in [-0.1, -0.05) is 6.07 Å². The molecule has 1 aliphatic heterocycles. The summed E-state index contributed by atoms with van der Waals surface area (Å²) < 4.78 is 5.19. The van der Waals surface area contributed by atoms with Crippen molar-refractivity contribution in [2.45, 2.75) is 18.9 Å². The smallest absolute Gasteiger partial charge is 0.188 e. The van der Waals surface area contributed by atoms with Crippen molar-refractivity contribution >= 4 is 22.3 Å². The molecule has 1 saturated heterocycles. The summed E-state index contributed by atoms with van der Waals surface area (Å²) in [5.74, 6) is 0.834. The molecule has 1 aliphatic rings. The molecule has 2 aromatic heterocycles. The average molecular weight is 304 g/mol. The van der Waals surface area contributed by atoms with Crippen molar-refractivity contribution in [2.24, 2.45) is 0 Å². The number of hydrogen-bond donors (Lipinski definition) is 1. The summed E-state index contributed by atoms with van der Waals surface area (Å²) in [6, 6.07) is 6.25. The molecule has 2 aromatic rings. The Balaban J connectivity index is 1.66. The average Bonchev–Trinajstić information content (AvgIpc) is 3.15. The minimum absolute atomic E-state index is 0.427. The zero-order valence-electron chi connectivity index (χ0n) is 12.2. The molecule has 21 heavy (non-hydrogen) atoms. The van der Waals surface area contributed by atoms with Crippen LogP contribution in [0.25, 0.3) is 0 Å². The third-order valence-electron chi connectivity index (χ3n) is 3.71. The van der Waals surface area contributed by atoms with Gasteiger partial charge in [0, 0.05) is 25.2 Å². The van der Waals surface area contributed by atoms with Gasteiger partial charge in [0.25, 0.3) is 0 Å². The standard InChI is InChI=1S/C15H20N4OS/c1-20-10-9-19-8-4-5-13(19)12-11-21-15(17-12)18-14-6-2-3-7-16-14/h2-3,6-7,11,13H,4-5,8-10H2,1H3,(H,16,17,18)/t13-/m1/s1. The van der Waals surface area contributed by atoms with Gasteiger partial charge in [-0.3, -0.25) is 4.90 Å². The Kier molecular flexibility index (Phi) is 4.80. The number of methoxy groups -OCH3 is 1. The van der Waals surface area contributed by atoms with Crippen LogP contribution >= 0.6 is 11.3 Å². The number of rotatable bonds is 6. The van der Waals surface area contributed by atoms with Gasteiger partial charge in [-0.05, 0) is 31.5 Å². The number of ether oxygens (including phenoxy) is 1. The highest BCUT2D eigenvalue weighted by Crippen LogP contribution is 2.33. The largest absolute Gasteiger partial charge is 0.383 e. The van der Waals surface area contributed by atoms with E-state index >= 15 is 0 Å². The third kappa shape index (κ3) is 3.58. The number of anilines is 2. The molecule has 1 N–H and O–H groups in total. The van der Waals surface area contributed by atoms with Crippen molar-refractivity contribution in [3.63, 3.8) is 0 Å². The van der Waals surface area contributed by atoms with Gasteiger partial charge in [-0.15, -0.1) is 11.3 Å². The van der Waals surface area contributed by atoms with Crippen LogP contribution in [0.3, 0.4) is 0 Å². The van der Waals surface area contributed by atoms with Crippen molar-refractivity contribution < 1.29 is 4.74 Å². The number of thiazole rings is 1. The van der Waals surface area contributed by atoms with Crippen LogP contribution in [-0.4, -0.2) is 41.7 Å². The summed E-state index contributed by atoms with van der Waals surface area (Å²) in [5, 5.41) is 6.32. The van der Waals surface area contributed by atoms with E-state index in [1.54, 1.807) is 24.6 Å². The van der Waals surface area contributed by atoms with E-state index in [-0.39, 0.29) is 0 Å². The Morgan fingerprint density at radius 3 is 3.24 bits per heavy atom. The highest BCUT2D eigenvalue weighted by molar-refractivity contribution is 7.13. The number of aromatic nitrogens is 2. The van der Waals surface area contributed by atoms with Crippen molar-refractivity contribution in [1.82, 2.24) is 14.9 Å².